The first-order valence-electron chi connectivity index (χ1n) is 10.6. The van der Waals surface area contributed by atoms with E-state index >= 15 is 0 Å². The van der Waals surface area contributed by atoms with Crippen molar-refractivity contribution in [2.75, 3.05) is 38.6 Å². The summed E-state index contributed by atoms with van der Waals surface area (Å²) in [6.45, 7) is 3.14. The number of carbonyl (C=O) groups is 1. The van der Waals surface area contributed by atoms with Crippen LogP contribution in [-0.2, 0) is 27.8 Å². The highest BCUT2D eigenvalue weighted by Gasteiger charge is 2.33. The minimum Gasteiger partial charge on any atom is -0.312 e. The first kappa shape index (κ1) is 22.3. The highest BCUT2D eigenvalue weighted by molar-refractivity contribution is 7.89. The number of nitrogens with zero attached hydrogens (tertiary/aromatic N) is 3. The van der Waals surface area contributed by atoms with E-state index in [2.05, 4.69) is 4.90 Å². The maximum Gasteiger partial charge on any atom is 0.242 e. The van der Waals surface area contributed by atoms with Crippen molar-refractivity contribution in [1.82, 2.24) is 9.21 Å². The Morgan fingerprint density at radius 2 is 1.81 bits per heavy atom. The molecule has 8 heteroatoms. The summed E-state index contributed by atoms with van der Waals surface area (Å²) in [6.07, 6.45) is 2.33. The maximum atomic E-state index is 13.2. The molecule has 0 unspecified atom stereocenters. The van der Waals surface area contributed by atoms with Gasteiger partial charge in [0.15, 0.2) is 0 Å². The topological polar surface area (TPSA) is 60.9 Å². The minimum atomic E-state index is -3.48. The van der Waals surface area contributed by atoms with Crippen LogP contribution in [0.5, 0.6) is 0 Å². The molecule has 2 aliphatic heterocycles. The molecule has 2 aliphatic rings. The van der Waals surface area contributed by atoms with Crippen molar-refractivity contribution >= 4 is 33.2 Å². The highest BCUT2D eigenvalue weighted by atomic mass is 35.5. The molecule has 0 saturated carbocycles. The summed E-state index contributed by atoms with van der Waals surface area (Å²) in [5, 5.41) is 0.782. The molecule has 2 aromatic carbocycles. The molecule has 31 heavy (non-hydrogen) atoms. The van der Waals surface area contributed by atoms with Gasteiger partial charge < -0.3 is 4.90 Å². The molecule has 0 bridgehead atoms. The number of fused-ring (bicyclic) bond motifs is 1. The summed E-state index contributed by atoms with van der Waals surface area (Å²) in [7, 11) is -0.428. The molecule has 2 aromatic rings. The SMILES string of the molecule is CN(C)S(=O)(=O)c1ccc2c(c1)CCN2C(=O)C1CCN(Cc2ccccc2Cl)CC1. The summed E-state index contributed by atoms with van der Waals surface area (Å²) < 4.78 is 26.0. The summed E-state index contributed by atoms with van der Waals surface area (Å²) in [5.74, 6) is 0.151. The van der Waals surface area contributed by atoms with Crippen molar-refractivity contribution in [1.29, 1.82) is 0 Å². The molecule has 1 saturated heterocycles. The zero-order valence-corrected chi connectivity index (χ0v) is 19.5. The Bertz CT molecular complexity index is 1080. The van der Waals surface area contributed by atoms with Gasteiger partial charge >= 0.3 is 0 Å². The predicted octanol–water partition coefficient (Wildman–Crippen LogP) is 3.39. The van der Waals surface area contributed by atoms with E-state index in [0.29, 0.717) is 13.0 Å². The molecular weight excluding hydrogens is 434 g/mol. The summed E-state index contributed by atoms with van der Waals surface area (Å²) in [6, 6.07) is 13.0. The van der Waals surface area contributed by atoms with Crippen molar-refractivity contribution in [2.24, 2.45) is 5.92 Å². The average molecular weight is 462 g/mol. The highest BCUT2D eigenvalue weighted by Crippen LogP contribution is 2.33. The smallest absolute Gasteiger partial charge is 0.242 e. The van der Waals surface area contributed by atoms with Crippen molar-refractivity contribution in [3.05, 3.63) is 58.6 Å². The van der Waals surface area contributed by atoms with E-state index in [-0.39, 0.29) is 16.7 Å². The molecule has 4 rings (SSSR count). The Hall–Kier alpha value is -1.93. The quantitative estimate of drug-likeness (QED) is 0.684. The third-order valence-electron chi connectivity index (χ3n) is 6.28. The lowest BCUT2D eigenvalue weighted by atomic mass is 9.95. The van der Waals surface area contributed by atoms with Gasteiger partial charge in [0.2, 0.25) is 15.9 Å². The van der Waals surface area contributed by atoms with Gasteiger partial charge in [0.05, 0.1) is 4.90 Å². The molecule has 1 fully saturated rings. The van der Waals surface area contributed by atoms with Gasteiger partial charge in [-0.2, -0.15) is 0 Å². The lowest BCUT2D eigenvalue weighted by molar-refractivity contribution is -0.123. The van der Waals surface area contributed by atoms with Crippen LogP contribution >= 0.6 is 11.6 Å². The molecule has 0 aliphatic carbocycles. The first-order valence-corrected chi connectivity index (χ1v) is 12.4. The van der Waals surface area contributed by atoms with Gasteiger partial charge in [-0.1, -0.05) is 29.8 Å². The molecule has 0 radical (unpaired) electrons. The number of rotatable bonds is 5. The number of sulfonamides is 1. The molecule has 0 atom stereocenters. The number of piperidine rings is 1. The number of hydrogen-bond donors (Lipinski definition) is 0. The van der Waals surface area contributed by atoms with Crippen LogP contribution in [0.3, 0.4) is 0 Å². The standard InChI is InChI=1S/C23H28ClN3O3S/c1-25(2)31(29,30)20-7-8-22-18(15-20)11-14-27(22)23(28)17-9-12-26(13-10-17)16-19-5-3-4-6-21(19)24/h3-8,15,17H,9-14,16H2,1-2H3. The second-order valence-electron chi connectivity index (χ2n) is 8.46. The van der Waals surface area contributed by atoms with Gasteiger partial charge in [-0.15, -0.1) is 0 Å². The monoisotopic (exact) mass is 461 g/mol. The van der Waals surface area contributed by atoms with Gasteiger partial charge in [-0.05, 0) is 67.7 Å². The number of carbonyl (C=O) groups excluding carboxylic acids is 1. The van der Waals surface area contributed by atoms with Gasteiger partial charge in [0.1, 0.15) is 0 Å². The van der Waals surface area contributed by atoms with Crippen LogP contribution < -0.4 is 4.90 Å². The lowest BCUT2D eigenvalue weighted by Crippen LogP contribution is -2.42. The Morgan fingerprint density at radius 3 is 2.48 bits per heavy atom. The average Bonchev–Trinajstić information content (AvgIpc) is 3.18. The van der Waals surface area contributed by atoms with Crippen LogP contribution in [0.2, 0.25) is 5.02 Å². The van der Waals surface area contributed by atoms with Gasteiger partial charge in [-0.25, -0.2) is 12.7 Å². The summed E-state index contributed by atoms with van der Waals surface area (Å²) in [4.78, 5) is 17.7. The Balaban J connectivity index is 1.40. The number of halogens is 1. The van der Waals surface area contributed by atoms with Gasteiger partial charge in [0, 0.05) is 43.8 Å². The molecule has 0 aromatic heterocycles. The second kappa shape index (κ2) is 8.90. The Labute approximate surface area is 189 Å². The Morgan fingerprint density at radius 1 is 1.10 bits per heavy atom. The van der Waals surface area contributed by atoms with Crippen LogP contribution in [0, 0.1) is 5.92 Å². The van der Waals surface area contributed by atoms with E-state index in [4.69, 9.17) is 11.6 Å². The minimum absolute atomic E-state index is 0.00127. The number of amides is 1. The largest absolute Gasteiger partial charge is 0.312 e. The molecule has 0 spiro atoms. The Kier molecular flexibility index (Phi) is 6.40. The lowest BCUT2D eigenvalue weighted by Gasteiger charge is -2.33. The number of likely N-dealkylation sites (tertiary alicyclic amines) is 1. The van der Waals surface area contributed by atoms with E-state index < -0.39 is 10.0 Å². The van der Waals surface area contributed by atoms with Crippen LogP contribution in [0.15, 0.2) is 47.4 Å². The van der Waals surface area contributed by atoms with Gasteiger partial charge in [0.25, 0.3) is 0 Å². The normalized spacial score (nSPS) is 17.9. The van der Waals surface area contributed by atoms with E-state index in [1.165, 1.54) is 18.4 Å². The predicted molar refractivity (Wildman–Crippen MR) is 123 cm³/mol. The van der Waals surface area contributed by atoms with Crippen molar-refractivity contribution in [3.8, 4) is 0 Å². The second-order valence-corrected chi connectivity index (χ2v) is 11.0. The van der Waals surface area contributed by atoms with Crippen molar-refractivity contribution < 1.29 is 13.2 Å². The fourth-order valence-corrected chi connectivity index (χ4v) is 5.55. The molecule has 166 valence electrons. The summed E-state index contributed by atoms with van der Waals surface area (Å²) in [5.41, 5.74) is 2.89. The van der Waals surface area contributed by atoms with Crippen LogP contribution in [0.4, 0.5) is 5.69 Å². The molecule has 6 nitrogen and oxygen atoms in total. The fourth-order valence-electron chi connectivity index (χ4n) is 4.40. The van der Waals surface area contributed by atoms with Crippen LogP contribution in [0.25, 0.3) is 0 Å². The summed E-state index contributed by atoms with van der Waals surface area (Å²) >= 11 is 6.29. The first-order chi connectivity index (χ1) is 14.8. The molecular formula is C23H28ClN3O3S. The van der Waals surface area contributed by atoms with E-state index in [1.807, 2.05) is 29.2 Å². The third kappa shape index (κ3) is 4.51. The van der Waals surface area contributed by atoms with Crippen LogP contribution in [-0.4, -0.2) is 57.3 Å². The fraction of sp³-hybridized carbons (Fsp3) is 0.435. The van der Waals surface area contributed by atoms with E-state index in [1.54, 1.807) is 18.2 Å². The van der Waals surface area contributed by atoms with Crippen molar-refractivity contribution in [2.45, 2.75) is 30.7 Å². The zero-order chi connectivity index (χ0) is 22.2. The molecule has 1 amide bonds. The third-order valence-corrected chi connectivity index (χ3v) is 8.46. The number of benzene rings is 2. The number of anilines is 1. The van der Waals surface area contributed by atoms with E-state index in [0.717, 1.165) is 54.3 Å². The van der Waals surface area contributed by atoms with Crippen molar-refractivity contribution in [3.63, 3.8) is 0 Å². The molecule has 0 N–H and O–H groups in total. The maximum absolute atomic E-state index is 13.2. The number of hydrogen-bond acceptors (Lipinski definition) is 4. The molecule has 2 heterocycles. The van der Waals surface area contributed by atoms with Crippen LogP contribution in [0.1, 0.15) is 24.0 Å². The van der Waals surface area contributed by atoms with E-state index in [9.17, 15) is 13.2 Å². The zero-order valence-electron chi connectivity index (χ0n) is 17.9. The van der Waals surface area contributed by atoms with Gasteiger partial charge in [-0.3, -0.25) is 9.69 Å².